The van der Waals surface area contributed by atoms with Crippen molar-refractivity contribution in [2.45, 2.75) is 52.0 Å². The van der Waals surface area contributed by atoms with E-state index in [1.54, 1.807) is 6.92 Å². The summed E-state index contributed by atoms with van der Waals surface area (Å²) < 4.78 is 23.4. The van der Waals surface area contributed by atoms with Crippen LogP contribution >= 0.6 is 0 Å². The van der Waals surface area contributed by atoms with Crippen LogP contribution in [0.5, 0.6) is 0 Å². The number of piperidine rings is 1. The second-order valence-electron chi connectivity index (χ2n) is 4.74. The van der Waals surface area contributed by atoms with Gasteiger partial charge in [-0.05, 0) is 32.4 Å². The Morgan fingerprint density at radius 1 is 1.12 bits per heavy atom. The first-order chi connectivity index (χ1) is 7.59. The standard InChI is InChI=1S/C12H25NO2S/c1-3-8-12(11-16(14,15)4-2)13-9-6-5-7-10-13/h12H,3-11H2,1-2H3. The Hall–Kier alpha value is -0.0900. The molecule has 0 amide bonds. The van der Waals surface area contributed by atoms with Crippen molar-refractivity contribution in [2.75, 3.05) is 24.6 Å². The first-order valence-electron chi connectivity index (χ1n) is 6.53. The highest BCUT2D eigenvalue weighted by atomic mass is 32.2. The van der Waals surface area contributed by atoms with Gasteiger partial charge in [-0.3, -0.25) is 4.90 Å². The molecule has 0 aromatic heterocycles. The van der Waals surface area contributed by atoms with Gasteiger partial charge in [0, 0.05) is 11.8 Å². The summed E-state index contributed by atoms with van der Waals surface area (Å²) >= 11 is 0. The molecule has 0 saturated carbocycles. The molecule has 1 rings (SSSR count). The lowest BCUT2D eigenvalue weighted by molar-refractivity contribution is 0.167. The molecule has 1 aliphatic heterocycles. The van der Waals surface area contributed by atoms with E-state index in [2.05, 4.69) is 11.8 Å². The normalized spacial score (nSPS) is 20.9. The summed E-state index contributed by atoms with van der Waals surface area (Å²) in [5.74, 6) is 0.637. The maximum atomic E-state index is 11.7. The number of likely N-dealkylation sites (tertiary alicyclic amines) is 1. The van der Waals surface area contributed by atoms with Crippen LogP contribution in [0.4, 0.5) is 0 Å². The van der Waals surface area contributed by atoms with Crippen molar-refractivity contribution in [3.63, 3.8) is 0 Å². The molecule has 0 aromatic carbocycles. The summed E-state index contributed by atoms with van der Waals surface area (Å²) in [5, 5.41) is 0. The SMILES string of the molecule is CCCC(CS(=O)(=O)CC)N1CCCCC1. The van der Waals surface area contributed by atoms with Crippen molar-refractivity contribution in [2.24, 2.45) is 0 Å². The maximum absolute atomic E-state index is 11.7. The average Bonchev–Trinajstić information content (AvgIpc) is 2.29. The summed E-state index contributed by atoms with van der Waals surface area (Å²) in [6.45, 7) is 6.05. The van der Waals surface area contributed by atoms with E-state index < -0.39 is 9.84 Å². The Balaban J connectivity index is 2.58. The van der Waals surface area contributed by atoms with E-state index in [-0.39, 0.29) is 11.8 Å². The van der Waals surface area contributed by atoms with E-state index in [1.807, 2.05) is 0 Å². The lowest BCUT2D eigenvalue weighted by atomic mass is 10.1. The molecule has 0 aromatic rings. The van der Waals surface area contributed by atoms with E-state index in [0.29, 0.717) is 5.75 Å². The summed E-state index contributed by atoms with van der Waals surface area (Å²) in [4.78, 5) is 2.39. The van der Waals surface area contributed by atoms with Crippen molar-refractivity contribution < 1.29 is 8.42 Å². The molecule has 1 fully saturated rings. The molecule has 0 aliphatic carbocycles. The predicted octanol–water partition coefficient (Wildman–Crippen LogP) is 2.08. The van der Waals surface area contributed by atoms with Crippen LogP contribution in [0.15, 0.2) is 0 Å². The Kier molecular flexibility index (Phi) is 5.76. The van der Waals surface area contributed by atoms with Crippen molar-refractivity contribution in [3.8, 4) is 0 Å². The molecule has 1 atom stereocenters. The first kappa shape index (κ1) is 14.0. The van der Waals surface area contributed by atoms with Crippen LogP contribution in [-0.2, 0) is 9.84 Å². The highest BCUT2D eigenvalue weighted by Crippen LogP contribution is 2.17. The third kappa shape index (κ3) is 4.42. The van der Waals surface area contributed by atoms with Gasteiger partial charge in [0.15, 0.2) is 9.84 Å². The minimum absolute atomic E-state index is 0.259. The lowest BCUT2D eigenvalue weighted by Gasteiger charge is -2.34. The average molecular weight is 247 g/mol. The van der Waals surface area contributed by atoms with Gasteiger partial charge in [0.1, 0.15) is 0 Å². The Morgan fingerprint density at radius 2 is 1.75 bits per heavy atom. The summed E-state index contributed by atoms with van der Waals surface area (Å²) in [5.41, 5.74) is 0. The molecule has 0 bridgehead atoms. The topological polar surface area (TPSA) is 37.4 Å². The second-order valence-corrected chi connectivity index (χ2v) is 7.14. The molecule has 0 N–H and O–H groups in total. The molecule has 1 unspecified atom stereocenters. The van der Waals surface area contributed by atoms with Crippen LogP contribution < -0.4 is 0 Å². The zero-order valence-electron chi connectivity index (χ0n) is 10.6. The lowest BCUT2D eigenvalue weighted by Crippen LogP contribution is -2.43. The second kappa shape index (κ2) is 6.60. The predicted molar refractivity (Wildman–Crippen MR) is 68.4 cm³/mol. The zero-order valence-corrected chi connectivity index (χ0v) is 11.4. The quantitative estimate of drug-likeness (QED) is 0.721. The number of hydrogen-bond acceptors (Lipinski definition) is 3. The van der Waals surface area contributed by atoms with Gasteiger partial charge < -0.3 is 0 Å². The number of rotatable bonds is 6. The van der Waals surface area contributed by atoms with Crippen molar-refractivity contribution in [1.29, 1.82) is 0 Å². The number of hydrogen-bond donors (Lipinski definition) is 0. The molecule has 96 valence electrons. The molecule has 3 nitrogen and oxygen atoms in total. The minimum Gasteiger partial charge on any atom is -0.299 e. The Labute approximate surface area is 100 Å². The van der Waals surface area contributed by atoms with Gasteiger partial charge >= 0.3 is 0 Å². The van der Waals surface area contributed by atoms with Crippen LogP contribution in [0.25, 0.3) is 0 Å². The summed E-state index contributed by atoms with van der Waals surface area (Å²) in [7, 11) is -2.83. The van der Waals surface area contributed by atoms with Gasteiger partial charge in [0.2, 0.25) is 0 Å². The molecule has 0 radical (unpaired) electrons. The van der Waals surface area contributed by atoms with Crippen molar-refractivity contribution >= 4 is 9.84 Å². The van der Waals surface area contributed by atoms with Crippen molar-refractivity contribution in [1.82, 2.24) is 4.90 Å². The highest BCUT2D eigenvalue weighted by Gasteiger charge is 2.24. The van der Waals surface area contributed by atoms with Crippen LogP contribution in [0.2, 0.25) is 0 Å². The van der Waals surface area contributed by atoms with Crippen LogP contribution in [0, 0.1) is 0 Å². The van der Waals surface area contributed by atoms with Gasteiger partial charge in [-0.2, -0.15) is 0 Å². The monoisotopic (exact) mass is 247 g/mol. The van der Waals surface area contributed by atoms with E-state index >= 15 is 0 Å². The van der Waals surface area contributed by atoms with Crippen molar-refractivity contribution in [3.05, 3.63) is 0 Å². The molecular formula is C12H25NO2S. The molecule has 1 saturated heterocycles. The first-order valence-corrected chi connectivity index (χ1v) is 8.35. The van der Waals surface area contributed by atoms with Gasteiger partial charge in [-0.1, -0.05) is 26.7 Å². The van der Waals surface area contributed by atoms with E-state index in [4.69, 9.17) is 0 Å². The Bertz CT molecular complexity index is 281. The Morgan fingerprint density at radius 3 is 2.25 bits per heavy atom. The fourth-order valence-corrected chi connectivity index (χ4v) is 3.60. The molecule has 1 aliphatic rings. The fourth-order valence-electron chi connectivity index (χ4n) is 2.40. The van der Waals surface area contributed by atoms with Gasteiger partial charge in [0.05, 0.1) is 5.75 Å². The minimum atomic E-state index is -2.83. The van der Waals surface area contributed by atoms with Gasteiger partial charge in [0.25, 0.3) is 0 Å². The van der Waals surface area contributed by atoms with Crippen LogP contribution in [-0.4, -0.2) is 44.0 Å². The summed E-state index contributed by atoms with van der Waals surface area (Å²) in [6, 6.07) is 0.259. The molecule has 1 heterocycles. The van der Waals surface area contributed by atoms with E-state index in [1.165, 1.54) is 19.3 Å². The van der Waals surface area contributed by atoms with Gasteiger partial charge in [-0.15, -0.1) is 0 Å². The zero-order chi connectivity index (χ0) is 12.0. The van der Waals surface area contributed by atoms with Crippen LogP contribution in [0.1, 0.15) is 46.0 Å². The number of sulfone groups is 1. The third-order valence-corrected chi connectivity index (χ3v) is 5.19. The smallest absolute Gasteiger partial charge is 0.151 e. The largest absolute Gasteiger partial charge is 0.299 e. The fraction of sp³-hybridized carbons (Fsp3) is 1.00. The number of nitrogens with zero attached hydrogens (tertiary/aromatic N) is 1. The maximum Gasteiger partial charge on any atom is 0.151 e. The summed E-state index contributed by atoms with van der Waals surface area (Å²) in [6.07, 6.45) is 5.84. The van der Waals surface area contributed by atoms with E-state index in [9.17, 15) is 8.42 Å². The molecule has 0 spiro atoms. The highest BCUT2D eigenvalue weighted by molar-refractivity contribution is 7.91. The third-order valence-electron chi connectivity index (χ3n) is 3.42. The molecular weight excluding hydrogens is 222 g/mol. The molecule has 4 heteroatoms. The molecule has 16 heavy (non-hydrogen) atoms. The van der Waals surface area contributed by atoms with Crippen LogP contribution in [0.3, 0.4) is 0 Å². The van der Waals surface area contributed by atoms with Gasteiger partial charge in [-0.25, -0.2) is 8.42 Å². The van der Waals surface area contributed by atoms with E-state index in [0.717, 1.165) is 25.9 Å².